The van der Waals surface area contributed by atoms with E-state index in [1.165, 1.54) is 5.69 Å². The lowest BCUT2D eigenvalue weighted by Gasteiger charge is -2.14. The van der Waals surface area contributed by atoms with Crippen LogP contribution >= 0.6 is 0 Å². The lowest BCUT2D eigenvalue weighted by Crippen LogP contribution is -2.20. The molecule has 1 saturated heterocycles. The summed E-state index contributed by atoms with van der Waals surface area (Å²) >= 11 is 0. The second kappa shape index (κ2) is 5.09. The first-order valence-electron chi connectivity index (χ1n) is 6.72. The van der Waals surface area contributed by atoms with Gasteiger partial charge in [-0.3, -0.25) is 4.90 Å². The van der Waals surface area contributed by atoms with Gasteiger partial charge in [0, 0.05) is 42.3 Å². The van der Waals surface area contributed by atoms with Gasteiger partial charge in [-0.15, -0.1) is 0 Å². The van der Waals surface area contributed by atoms with E-state index in [2.05, 4.69) is 24.8 Å². The van der Waals surface area contributed by atoms with Crippen LogP contribution in [0.2, 0.25) is 0 Å². The first-order chi connectivity index (χ1) is 9.20. The smallest absolute Gasteiger partial charge is 0.133 e. The van der Waals surface area contributed by atoms with Crippen molar-refractivity contribution in [2.45, 2.75) is 32.7 Å². The van der Waals surface area contributed by atoms with E-state index >= 15 is 0 Å². The zero-order valence-electron chi connectivity index (χ0n) is 11.4. The minimum absolute atomic E-state index is 0.460. The van der Waals surface area contributed by atoms with Crippen LogP contribution in [0.15, 0.2) is 18.6 Å². The molecule has 1 aliphatic heterocycles. The van der Waals surface area contributed by atoms with E-state index in [9.17, 15) is 0 Å². The highest BCUT2D eigenvalue weighted by Crippen LogP contribution is 2.25. The third-order valence-corrected chi connectivity index (χ3v) is 3.59. The van der Waals surface area contributed by atoms with Crippen molar-refractivity contribution in [1.82, 2.24) is 24.8 Å². The molecule has 0 aromatic carbocycles. The molecule has 3 rings (SSSR count). The van der Waals surface area contributed by atoms with Gasteiger partial charge in [0.25, 0.3) is 0 Å². The molecular formula is C14H19N5. The van der Waals surface area contributed by atoms with Crippen molar-refractivity contribution in [2.24, 2.45) is 0 Å². The number of rotatable bonds is 3. The summed E-state index contributed by atoms with van der Waals surface area (Å²) in [5.41, 5.74) is 3.30. The average molecular weight is 257 g/mol. The van der Waals surface area contributed by atoms with Gasteiger partial charge in [-0.05, 0) is 32.9 Å². The maximum Gasteiger partial charge on any atom is 0.133 e. The Morgan fingerprint density at radius 1 is 1.32 bits per heavy atom. The molecule has 0 unspecified atom stereocenters. The lowest BCUT2D eigenvalue weighted by atomic mass is 10.1. The zero-order valence-corrected chi connectivity index (χ0v) is 11.4. The van der Waals surface area contributed by atoms with Crippen molar-refractivity contribution in [2.75, 3.05) is 13.1 Å². The molecule has 1 atom stereocenters. The van der Waals surface area contributed by atoms with Crippen molar-refractivity contribution >= 4 is 0 Å². The second-order valence-corrected chi connectivity index (χ2v) is 5.31. The minimum atomic E-state index is 0.460. The average Bonchev–Trinajstić information content (AvgIpc) is 2.99. The molecule has 1 fully saturated rings. The van der Waals surface area contributed by atoms with E-state index in [1.807, 2.05) is 26.1 Å². The second-order valence-electron chi connectivity index (χ2n) is 5.31. The molecular weight excluding hydrogens is 238 g/mol. The molecule has 3 heterocycles. The normalized spacial score (nSPS) is 20.0. The predicted octanol–water partition coefficient (Wildman–Crippen LogP) is 1.81. The highest BCUT2D eigenvalue weighted by Gasteiger charge is 2.26. The largest absolute Gasteiger partial charge is 0.347 e. The molecule has 0 saturated carbocycles. The van der Waals surface area contributed by atoms with Crippen LogP contribution in [0.4, 0.5) is 0 Å². The Labute approximate surface area is 113 Å². The Hall–Kier alpha value is -1.75. The van der Waals surface area contributed by atoms with Crippen LogP contribution < -0.4 is 0 Å². The topological polar surface area (TPSA) is 57.7 Å². The van der Waals surface area contributed by atoms with Crippen molar-refractivity contribution in [3.05, 3.63) is 41.5 Å². The van der Waals surface area contributed by atoms with E-state index in [0.717, 1.165) is 43.3 Å². The van der Waals surface area contributed by atoms with Crippen LogP contribution in [-0.2, 0) is 6.54 Å². The SMILES string of the molecule is Cc1cc(C)nc([C@@H]2CCN(Cc3cnc[nH]3)C2)n1. The third-order valence-electron chi connectivity index (χ3n) is 3.59. The number of aromatic amines is 1. The maximum absolute atomic E-state index is 4.59. The Kier molecular flexibility index (Phi) is 3.29. The number of nitrogens with zero attached hydrogens (tertiary/aromatic N) is 4. The van der Waals surface area contributed by atoms with E-state index in [0.29, 0.717) is 5.92 Å². The van der Waals surface area contributed by atoms with E-state index in [-0.39, 0.29) is 0 Å². The van der Waals surface area contributed by atoms with Gasteiger partial charge in [0.15, 0.2) is 0 Å². The van der Waals surface area contributed by atoms with Crippen LogP contribution in [0.1, 0.15) is 35.2 Å². The van der Waals surface area contributed by atoms with Gasteiger partial charge in [-0.2, -0.15) is 0 Å². The van der Waals surface area contributed by atoms with E-state index in [4.69, 9.17) is 0 Å². The van der Waals surface area contributed by atoms with Gasteiger partial charge in [0.2, 0.25) is 0 Å². The predicted molar refractivity (Wildman–Crippen MR) is 72.7 cm³/mol. The molecule has 5 nitrogen and oxygen atoms in total. The first kappa shape index (κ1) is 12.3. The van der Waals surface area contributed by atoms with E-state index in [1.54, 1.807) is 6.33 Å². The zero-order chi connectivity index (χ0) is 13.2. The molecule has 0 bridgehead atoms. The Morgan fingerprint density at radius 3 is 2.79 bits per heavy atom. The number of imidazole rings is 1. The van der Waals surface area contributed by atoms with Crippen LogP contribution in [0.25, 0.3) is 0 Å². The minimum Gasteiger partial charge on any atom is -0.347 e. The van der Waals surface area contributed by atoms with Crippen LogP contribution in [0.3, 0.4) is 0 Å². The summed E-state index contributed by atoms with van der Waals surface area (Å²) in [6.45, 7) is 7.13. The number of nitrogens with one attached hydrogen (secondary N) is 1. The number of hydrogen-bond acceptors (Lipinski definition) is 4. The number of H-pyrrole nitrogens is 1. The summed E-state index contributed by atoms with van der Waals surface area (Å²) in [7, 11) is 0. The van der Waals surface area contributed by atoms with Gasteiger partial charge in [0.1, 0.15) is 5.82 Å². The van der Waals surface area contributed by atoms with Crippen LogP contribution in [-0.4, -0.2) is 37.9 Å². The Balaban J connectivity index is 1.68. The van der Waals surface area contributed by atoms with E-state index < -0.39 is 0 Å². The van der Waals surface area contributed by atoms with Crippen molar-refractivity contribution in [3.8, 4) is 0 Å². The Morgan fingerprint density at radius 2 is 2.11 bits per heavy atom. The first-order valence-corrected chi connectivity index (χ1v) is 6.72. The fraction of sp³-hybridized carbons (Fsp3) is 0.500. The number of likely N-dealkylation sites (tertiary alicyclic amines) is 1. The molecule has 2 aromatic rings. The summed E-state index contributed by atoms with van der Waals surface area (Å²) in [5.74, 6) is 1.46. The fourth-order valence-corrected chi connectivity index (χ4v) is 2.73. The van der Waals surface area contributed by atoms with Gasteiger partial charge in [-0.25, -0.2) is 15.0 Å². The summed E-state index contributed by atoms with van der Waals surface area (Å²) in [4.78, 5) is 18.8. The quantitative estimate of drug-likeness (QED) is 0.911. The molecule has 1 aliphatic rings. The molecule has 100 valence electrons. The summed E-state index contributed by atoms with van der Waals surface area (Å²) in [6.07, 6.45) is 4.76. The molecule has 0 radical (unpaired) electrons. The molecule has 2 aromatic heterocycles. The third kappa shape index (κ3) is 2.81. The molecule has 19 heavy (non-hydrogen) atoms. The number of aryl methyl sites for hydroxylation is 2. The number of hydrogen-bond donors (Lipinski definition) is 1. The highest BCUT2D eigenvalue weighted by atomic mass is 15.2. The van der Waals surface area contributed by atoms with Gasteiger partial charge >= 0.3 is 0 Å². The molecule has 0 aliphatic carbocycles. The summed E-state index contributed by atoms with van der Waals surface area (Å²) < 4.78 is 0. The fourth-order valence-electron chi connectivity index (χ4n) is 2.73. The highest BCUT2D eigenvalue weighted by molar-refractivity contribution is 5.12. The van der Waals surface area contributed by atoms with Crippen LogP contribution in [0.5, 0.6) is 0 Å². The number of aromatic nitrogens is 4. The van der Waals surface area contributed by atoms with Gasteiger partial charge in [0.05, 0.1) is 6.33 Å². The monoisotopic (exact) mass is 257 g/mol. The van der Waals surface area contributed by atoms with Gasteiger partial charge in [-0.1, -0.05) is 0 Å². The van der Waals surface area contributed by atoms with Gasteiger partial charge < -0.3 is 4.98 Å². The lowest BCUT2D eigenvalue weighted by molar-refractivity contribution is 0.322. The van der Waals surface area contributed by atoms with Crippen molar-refractivity contribution in [3.63, 3.8) is 0 Å². The summed E-state index contributed by atoms with van der Waals surface area (Å²) in [5, 5.41) is 0. The molecule has 0 amide bonds. The molecule has 5 heteroatoms. The molecule has 0 spiro atoms. The van der Waals surface area contributed by atoms with Crippen molar-refractivity contribution < 1.29 is 0 Å². The van der Waals surface area contributed by atoms with Crippen molar-refractivity contribution in [1.29, 1.82) is 0 Å². The van der Waals surface area contributed by atoms with Crippen LogP contribution in [0, 0.1) is 13.8 Å². The standard InChI is InChI=1S/C14H19N5/c1-10-5-11(2)18-14(17-10)12-3-4-19(7-12)8-13-6-15-9-16-13/h5-6,9,12H,3-4,7-8H2,1-2H3,(H,15,16)/t12-/m1/s1. The summed E-state index contributed by atoms with van der Waals surface area (Å²) in [6, 6.07) is 2.03. The Bertz CT molecular complexity index is 529. The molecule has 1 N–H and O–H groups in total. The maximum atomic E-state index is 4.59.